The second kappa shape index (κ2) is 14.6. The van der Waals surface area contributed by atoms with Crippen molar-refractivity contribution < 1.29 is 24.0 Å². The van der Waals surface area contributed by atoms with Crippen LogP contribution in [0.25, 0.3) is 0 Å². The normalized spacial score (nSPS) is 11.4. The van der Waals surface area contributed by atoms with Gasteiger partial charge in [0, 0.05) is 0 Å². The van der Waals surface area contributed by atoms with Crippen LogP contribution in [-0.2, 0) is 0 Å². The molecule has 0 aliphatic carbocycles. The molecule has 0 bridgehead atoms. The third-order valence-electron chi connectivity index (χ3n) is 5.85. The Morgan fingerprint density at radius 1 is 0.548 bits per heavy atom. The maximum absolute atomic E-state index is 2.42. The van der Waals surface area contributed by atoms with Crippen LogP contribution in [0.15, 0.2) is 103 Å². The fourth-order valence-corrected chi connectivity index (χ4v) is 8.62. The van der Waals surface area contributed by atoms with Gasteiger partial charge < -0.3 is 24.0 Å². The summed E-state index contributed by atoms with van der Waals surface area (Å²) in [6, 6.07) is 33.7. The third-order valence-corrected chi connectivity index (χ3v) is 10.4. The number of halogens is 1. The minimum Gasteiger partial charge on any atom is -1.00 e. The third kappa shape index (κ3) is 7.29. The molecule has 0 saturated carbocycles. The SMILES string of the molecule is CCCCCC/C=C\CCC[P+](c1ccccc1)(c1ccccc1)c1ccccc1.[I-]. The molecule has 0 radical (unpaired) electrons. The Hall–Kier alpha value is -1.44. The molecule has 0 amide bonds. The molecule has 0 aromatic heterocycles. The monoisotopic (exact) mass is 542 g/mol. The van der Waals surface area contributed by atoms with Crippen molar-refractivity contribution in [2.45, 2.75) is 51.9 Å². The highest BCUT2D eigenvalue weighted by Crippen LogP contribution is 2.55. The van der Waals surface area contributed by atoms with E-state index in [4.69, 9.17) is 0 Å². The molecule has 3 aromatic carbocycles. The average molecular weight is 542 g/mol. The van der Waals surface area contributed by atoms with Crippen LogP contribution in [0.3, 0.4) is 0 Å². The van der Waals surface area contributed by atoms with Gasteiger partial charge in [0.2, 0.25) is 0 Å². The van der Waals surface area contributed by atoms with Gasteiger partial charge in [0.1, 0.15) is 23.2 Å². The molecule has 0 saturated heterocycles. The van der Waals surface area contributed by atoms with Gasteiger partial charge in [-0.3, -0.25) is 0 Å². The largest absolute Gasteiger partial charge is 1.00 e. The van der Waals surface area contributed by atoms with E-state index in [0.717, 1.165) is 0 Å². The van der Waals surface area contributed by atoms with E-state index >= 15 is 0 Å². The van der Waals surface area contributed by atoms with Gasteiger partial charge in [-0.2, -0.15) is 0 Å². The Labute approximate surface area is 207 Å². The molecule has 0 aliphatic heterocycles. The fraction of sp³-hybridized carbons (Fsp3) is 0.310. The minimum absolute atomic E-state index is 0. The number of rotatable bonds is 12. The van der Waals surface area contributed by atoms with Crippen molar-refractivity contribution in [3.05, 3.63) is 103 Å². The zero-order valence-corrected chi connectivity index (χ0v) is 21.8. The van der Waals surface area contributed by atoms with E-state index in [0.29, 0.717) is 0 Å². The van der Waals surface area contributed by atoms with Crippen LogP contribution in [0.4, 0.5) is 0 Å². The molecule has 0 N–H and O–H groups in total. The van der Waals surface area contributed by atoms with Gasteiger partial charge in [-0.25, -0.2) is 0 Å². The first-order valence-corrected chi connectivity index (χ1v) is 13.6. The zero-order valence-electron chi connectivity index (χ0n) is 18.8. The lowest BCUT2D eigenvalue weighted by molar-refractivity contribution is -0.00000603. The summed E-state index contributed by atoms with van der Waals surface area (Å²) in [5.41, 5.74) is 0. The van der Waals surface area contributed by atoms with Crippen LogP contribution in [-0.4, -0.2) is 6.16 Å². The van der Waals surface area contributed by atoms with E-state index in [1.807, 2.05) is 0 Å². The Morgan fingerprint density at radius 3 is 1.39 bits per heavy atom. The van der Waals surface area contributed by atoms with Crippen LogP contribution in [0.1, 0.15) is 51.9 Å². The number of benzene rings is 3. The number of unbranched alkanes of at least 4 members (excludes halogenated alkanes) is 5. The molecule has 0 nitrogen and oxygen atoms in total. The predicted octanol–water partition coefficient (Wildman–Crippen LogP) is 4.29. The van der Waals surface area contributed by atoms with Crippen LogP contribution in [0, 0.1) is 0 Å². The first kappa shape index (κ1) is 25.8. The van der Waals surface area contributed by atoms with Gasteiger partial charge in [-0.1, -0.05) is 92.9 Å². The quantitative estimate of drug-likeness (QED) is 0.139. The van der Waals surface area contributed by atoms with Gasteiger partial charge in [0.15, 0.2) is 0 Å². The fourth-order valence-electron chi connectivity index (χ4n) is 4.25. The molecular weight excluding hydrogens is 506 g/mol. The molecule has 31 heavy (non-hydrogen) atoms. The lowest BCUT2D eigenvalue weighted by Crippen LogP contribution is -3.00. The van der Waals surface area contributed by atoms with E-state index in [9.17, 15) is 0 Å². The maximum atomic E-state index is 2.42. The zero-order chi connectivity index (χ0) is 20.9. The minimum atomic E-state index is -1.66. The van der Waals surface area contributed by atoms with Crippen LogP contribution < -0.4 is 39.9 Å². The van der Waals surface area contributed by atoms with Crippen LogP contribution >= 0.6 is 7.26 Å². The lowest BCUT2D eigenvalue weighted by atomic mass is 10.1. The smallest absolute Gasteiger partial charge is 0.112 e. The Bertz CT molecular complexity index is 762. The molecule has 0 atom stereocenters. The highest BCUT2D eigenvalue weighted by Gasteiger charge is 2.44. The Kier molecular flexibility index (Phi) is 12.2. The van der Waals surface area contributed by atoms with Crippen molar-refractivity contribution in [1.29, 1.82) is 0 Å². The maximum Gasteiger partial charge on any atom is 0.112 e. The first-order valence-electron chi connectivity index (χ1n) is 11.6. The standard InChI is InChI=1S/C29H36P.HI/c1-2-3-4-5-6-7-8-9-19-26-30(27-20-13-10-14-21-27,28-22-15-11-16-23-28)29-24-17-12-18-25-29;/h7-8,10-18,20-25H,2-6,9,19,26H2,1H3;1H/q+1;/p-1/b8-7-;. The second-order valence-corrected chi connectivity index (χ2v) is 11.6. The van der Waals surface area contributed by atoms with Crippen molar-refractivity contribution in [3.63, 3.8) is 0 Å². The van der Waals surface area contributed by atoms with E-state index in [2.05, 4.69) is 110 Å². The van der Waals surface area contributed by atoms with Gasteiger partial charge in [0.25, 0.3) is 0 Å². The summed E-state index contributed by atoms with van der Waals surface area (Å²) in [7, 11) is -1.66. The Morgan fingerprint density at radius 2 is 0.968 bits per heavy atom. The van der Waals surface area contributed by atoms with E-state index in [1.54, 1.807) is 0 Å². The first-order chi connectivity index (χ1) is 14.9. The summed E-state index contributed by atoms with van der Waals surface area (Å²) < 4.78 is 0. The van der Waals surface area contributed by atoms with Gasteiger partial charge in [-0.05, 0) is 62.1 Å². The molecule has 0 fully saturated rings. The van der Waals surface area contributed by atoms with E-state index < -0.39 is 7.26 Å². The number of allylic oxidation sites excluding steroid dienone is 2. The van der Waals surface area contributed by atoms with Crippen molar-refractivity contribution in [3.8, 4) is 0 Å². The topological polar surface area (TPSA) is 0 Å². The van der Waals surface area contributed by atoms with Crippen molar-refractivity contribution in [2.75, 3.05) is 6.16 Å². The number of hydrogen-bond donors (Lipinski definition) is 0. The Balaban J connectivity index is 0.00000341. The van der Waals surface area contributed by atoms with Crippen molar-refractivity contribution in [2.24, 2.45) is 0 Å². The van der Waals surface area contributed by atoms with Gasteiger partial charge >= 0.3 is 0 Å². The summed E-state index contributed by atoms with van der Waals surface area (Å²) in [6.07, 6.45) is 15.0. The molecule has 3 aromatic rings. The highest BCUT2D eigenvalue weighted by atomic mass is 127. The molecule has 2 heteroatoms. The van der Waals surface area contributed by atoms with Gasteiger partial charge in [-0.15, -0.1) is 0 Å². The van der Waals surface area contributed by atoms with Crippen molar-refractivity contribution >= 4 is 23.2 Å². The summed E-state index contributed by atoms with van der Waals surface area (Å²) in [5.74, 6) is 0. The molecule has 0 heterocycles. The molecule has 0 aliphatic rings. The van der Waals surface area contributed by atoms with Crippen molar-refractivity contribution in [1.82, 2.24) is 0 Å². The summed E-state index contributed by atoms with van der Waals surface area (Å²) in [6.45, 7) is 2.28. The van der Waals surface area contributed by atoms with Crippen LogP contribution in [0.2, 0.25) is 0 Å². The molecule has 0 spiro atoms. The molecular formula is C29H36IP. The second-order valence-electron chi connectivity index (χ2n) is 8.00. The molecule has 164 valence electrons. The van der Waals surface area contributed by atoms with E-state index in [1.165, 1.54) is 67.0 Å². The van der Waals surface area contributed by atoms with Gasteiger partial charge in [0.05, 0.1) is 6.16 Å². The lowest BCUT2D eigenvalue weighted by Gasteiger charge is -2.27. The average Bonchev–Trinajstić information content (AvgIpc) is 2.82. The highest BCUT2D eigenvalue weighted by molar-refractivity contribution is 7.95. The summed E-state index contributed by atoms with van der Waals surface area (Å²) >= 11 is 0. The van der Waals surface area contributed by atoms with Crippen LogP contribution in [0.5, 0.6) is 0 Å². The summed E-state index contributed by atoms with van der Waals surface area (Å²) in [5, 5.41) is 4.47. The predicted molar refractivity (Wildman–Crippen MR) is 137 cm³/mol. The summed E-state index contributed by atoms with van der Waals surface area (Å²) in [4.78, 5) is 0. The molecule has 3 rings (SSSR count). The number of hydrogen-bond acceptors (Lipinski definition) is 0. The van der Waals surface area contributed by atoms with E-state index in [-0.39, 0.29) is 24.0 Å². The molecule has 0 unspecified atom stereocenters.